The molecule has 84 valence electrons. The van der Waals surface area contributed by atoms with Crippen LogP contribution in [0.2, 0.25) is 5.02 Å². The average Bonchev–Trinajstić information content (AvgIpc) is 2.51. The molecule has 5 heteroatoms. The van der Waals surface area contributed by atoms with Crippen LogP contribution in [0.1, 0.15) is 5.56 Å². The topological polar surface area (TPSA) is 41.8 Å². The normalized spacial score (nSPS) is 9.47. The third-order valence-corrected chi connectivity index (χ3v) is 2.48. The number of halogens is 3. The van der Waals surface area contributed by atoms with Crippen molar-refractivity contribution < 1.29 is 0 Å². The first kappa shape index (κ1) is 14.6. The number of para-hydroxylation sites is 1. The lowest BCUT2D eigenvalue weighted by Crippen LogP contribution is -2.01. The number of rotatable bonds is 2. The second-order valence-corrected chi connectivity index (χ2v) is 3.42. The van der Waals surface area contributed by atoms with Gasteiger partial charge < -0.3 is 10.7 Å². The Bertz CT molecular complexity index is 426. The second-order valence-electron chi connectivity index (χ2n) is 3.01. The first-order valence-electron chi connectivity index (χ1n) is 4.27. The lowest BCUT2D eigenvalue weighted by Gasteiger charge is -1.96. The Morgan fingerprint density at radius 3 is 2.67 bits per heavy atom. The molecule has 0 bridgehead atoms. The smallest absolute Gasteiger partial charge is 0.0647 e. The van der Waals surface area contributed by atoms with E-state index in [2.05, 4.69) is 11.1 Å². The molecule has 2 aromatic rings. The maximum Gasteiger partial charge on any atom is 0.0647 e. The summed E-state index contributed by atoms with van der Waals surface area (Å²) in [5.41, 5.74) is 7.75. The molecule has 0 aliphatic heterocycles. The van der Waals surface area contributed by atoms with Crippen LogP contribution in [-0.4, -0.2) is 11.5 Å². The van der Waals surface area contributed by atoms with Gasteiger partial charge in [-0.3, -0.25) is 0 Å². The number of hydrogen-bond donors (Lipinski definition) is 2. The van der Waals surface area contributed by atoms with Gasteiger partial charge >= 0.3 is 0 Å². The van der Waals surface area contributed by atoms with E-state index in [0.717, 1.165) is 17.0 Å². The van der Waals surface area contributed by atoms with E-state index in [1.54, 1.807) is 0 Å². The van der Waals surface area contributed by atoms with Crippen molar-refractivity contribution in [3.63, 3.8) is 0 Å². The lowest BCUT2D eigenvalue weighted by molar-refractivity contribution is 0.976. The van der Waals surface area contributed by atoms with E-state index < -0.39 is 0 Å². The van der Waals surface area contributed by atoms with Gasteiger partial charge in [0, 0.05) is 11.6 Å². The molecule has 1 aromatic carbocycles. The minimum absolute atomic E-state index is 0. The third-order valence-electron chi connectivity index (χ3n) is 2.16. The maximum atomic E-state index is 6.01. The molecule has 2 rings (SSSR count). The molecule has 0 fully saturated rings. The van der Waals surface area contributed by atoms with E-state index >= 15 is 0 Å². The minimum Gasteiger partial charge on any atom is -0.360 e. The second kappa shape index (κ2) is 6.23. The molecule has 1 aromatic heterocycles. The van der Waals surface area contributed by atoms with Crippen molar-refractivity contribution in [3.8, 4) is 0 Å². The summed E-state index contributed by atoms with van der Waals surface area (Å²) < 4.78 is 0. The van der Waals surface area contributed by atoms with Crippen LogP contribution in [0.5, 0.6) is 0 Å². The van der Waals surface area contributed by atoms with E-state index in [1.807, 2.05) is 18.3 Å². The fraction of sp³-hybridized carbons (Fsp3) is 0.200. The zero-order chi connectivity index (χ0) is 9.26. The van der Waals surface area contributed by atoms with Crippen molar-refractivity contribution in [2.24, 2.45) is 5.73 Å². The van der Waals surface area contributed by atoms with Crippen molar-refractivity contribution in [1.29, 1.82) is 0 Å². The van der Waals surface area contributed by atoms with Gasteiger partial charge in [0.15, 0.2) is 0 Å². The number of benzene rings is 1. The third kappa shape index (κ3) is 2.79. The number of nitrogens with two attached hydrogens (primary N) is 1. The Kier molecular flexibility index (Phi) is 6.06. The number of H-pyrrole nitrogens is 1. The molecule has 0 saturated heterocycles. The number of fused-ring (bicyclic) bond motifs is 1. The quantitative estimate of drug-likeness (QED) is 0.862. The highest BCUT2D eigenvalue weighted by Crippen LogP contribution is 2.24. The van der Waals surface area contributed by atoms with Crippen LogP contribution in [0, 0.1) is 0 Å². The van der Waals surface area contributed by atoms with Crippen LogP contribution in [0.3, 0.4) is 0 Å². The van der Waals surface area contributed by atoms with Gasteiger partial charge in [-0.15, -0.1) is 24.8 Å². The van der Waals surface area contributed by atoms with Gasteiger partial charge in [0.2, 0.25) is 0 Å². The molecule has 0 amide bonds. The van der Waals surface area contributed by atoms with E-state index in [-0.39, 0.29) is 24.8 Å². The SMILES string of the molecule is Cl.Cl.NCCc1c[nH]c2c(Cl)cccc12. The summed E-state index contributed by atoms with van der Waals surface area (Å²) in [7, 11) is 0. The zero-order valence-corrected chi connectivity index (χ0v) is 10.4. The number of aromatic amines is 1. The summed E-state index contributed by atoms with van der Waals surface area (Å²) in [5.74, 6) is 0. The van der Waals surface area contributed by atoms with Crippen molar-refractivity contribution in [2.45, 2.75) is 6.42 Å². The number of hydrogen-bond acceptors (Lipinski definition) is 1. The van der Waals surface area contributed by atoms with Crippen LogP contribution in [0.4, 0.5) is 0 Å². The Hall–Kier alpha value is -0.410. The first-order valence-corrected chi connectivity index (χ1v) is 4.65. The Morgan fingerprint density at radius 1 is 1.27 bits per heavy atom. The summed E-state index contributed by atoms with van der Waals surface area (Å²) in [6, 6.07) is 5.90. The first-order chi connectivity index (χ1) is 6.33. The summed E-state index contributed by atoms with van der Waals surface area (Å²) in [5, 5.41) is 1.94. The molecule has 0 radical (unpaired) electrons. The lowest BCUT2D eigenvalue weighted by atomic mass is 10.1. The Balaban J connectivity index is 0.000000980. The molecule has 0 atom stereocenters. The molecule has 0 aliphatic rings. The van der Waals surface area contributed by atoms with Gasteiger partial charge in [-0.05, 0) is 24.6 Å². The Morgan fingerprint density at radius 2 is 2.00 bits per heavy atom. The van der Waals surface area contributed by atoms with E-state index in [0.29, 0.717) is 6.54 Å². The van der Waals surface area contributed by atoms with Gasteiger partial charge in [0.05, 0.1) is 10.5 Å². The van der Waals surface area contributed by atoms with E-state index in [9.17, 15) is 0 Å². The molecule has 15 heavy (non-hydrogen) atoms. The van der Waals surface area contributed by atoms with Gasteiger partial charge in [0.1, 0.15) is 0 Å². The van der Waals surface area contributed by atoms with Crippen molar-refractivity contribution >= 4 is 47.3 Å². The number of aromatic nitrogens is 1. The molecule has 0 saturated carbocycles. The van der Waals surface area contributed by atoms with Crippen molar-refractivity contribution in [1.82, 2.24) is 4.98 Å². The molecule has 0 spiro atoms. The largest absolute Gasteiger partial charge is 0.360 e. The molecule has 3 N–H and O–H groups in total. The summed E-state index contributed by atoms with van der Waals surface area (Å²) in [4.78, 5) is 3.15. The molecule has 0 aliphatic carbocycles. The Labute approximate surface area is 106 Å². The molecular formula is C10H13Cl3N2. The molecule has 2 nitrogen and oxygen atoms in total. The summed E-state index contributed by atoms with van der Waals surface area (Å²) in [6.45, 7) is 0.666. The van der Waals surface area contributed by atoms with Crippen LogP contribution < -0.4 is 5.73 Å². The standard InChI is InChI=1S/C10H11ClN2.2ClH/c11-9-3-1-2-8-7(4-5-12)6-13-10(8)9;;/h1-3,6,13H,4-5,12H2;2*1H. The highest BCUT2D eigenvalue weighted by molar-refractivity contribution is 6.35. The zero-order valence-electron chi connectivity index (χ0n) is 8.00. The summed E-state index contributed by atoms with van der Waals surface area (Å²) in [6.07, 6.45) is 2.86. The summed E-state index contributed by atoms with van der Waals surface area (Å²) >= 11 is 6.01. The van der Waals surface area contributed by atoms with Crippen LogP contribution in [-0.2, 0) is 6.42 Å². The van der Waals surface area contributed by atoms with Gasteiger partial charge in [-0.2, -0.15) is 0 Å². The van der Waals surface area contributed by atoms with Gasteiger partial charge in [-0.1, -0.05) is 23.7 Å². The van der Waals surface area contributed by atoms with Crippen molar-refractivity contribution in [3.05, 3.63) is 35.0 Å². The predicted octanol–water partition coefficient (Wildman–Crippen LogP) is 3.17. The highest BCUT2D eigenvalue weighted by Gasteiger charge is 2.04. The fourth-order valence-corrected chi connectivity index (χ4v) is 1.77. The molecule has 1 heterocycles. The van der Waals surface area contributed by atoms with E-state index in [1.165, 1.54) is 10.9 Å². The minimum atomic E-state index is 0. The molecular weight excluding hydrogens is 254 g/mol. The predicted molar refractivity (Wildman–Crippen MR) is 70.6 cm³/mol. The highest BCUT2D eigenvalue weighted by atomic mass is 35.5. The fourth-order valence-electron chi connectivity index (χ4n) is 1.54. The van der Waals surface area contributed by atoms with Gasteiger partial charge in [0.25, 0.3) is 0 Å². The van der Waals surface area contributed by atoms with Crippen molar-refractivity contribution in [2.75, 3.05) is 6.54 Å². The van der Waals surface area contributed by atoms with Crippen LogP contribution >= 0.6 is 36.4 Å². The van der Waals surface area contributed by atoms with E-state index in [4.69, 9.17) is 17.3 Å². The molecule has 0 unspecified atom stereocenters. The average molecular weight is 268 g/mol. The van der Waals surface area contributed by atoms with Gasteiger partial charge in [-0.25, -0.2) is 0 Å². The number of nitrogens with one attached hydrogen (secondary N) is 1. The maximum absolute atomic E-state index is 6.01. The van der Waals surface area contributed by atoms with Crippen LogP contribution in [0.25, 0.3) is 10.9 Å². The van der Waals surface area contributed by atoms with Crippen LogP contribution in [0.15, 0.2) is 24.4 Å². The monoisotopic (exact) mass is 266 g/mol.